The predicted molar refractivity (Wildman–Crippen MR) is 121 cm³/mol. The third-order valence-corrected chi connectivity index (χ3v) is 6.10. The Balaban J connectivity index is 1.35. The number of urea groups is 1. The maximum absolute atomic E-state index is 13.0. The van der Waals surface area contributed by atoms with Gasteiger partial charge in [-0.05, 0) is 80.6 Å². The quantitative estimate of drug-likeness (QED) is 0.674. The lowest BCUT2D eigenvalue weighted by molar-refractivity contribution is -0.137. The van der Waals surface area contributed by atoms with Crippen LogP contribution in [0.5, 0.6) is 0 Å². The molecule has 2 aromatic rings. The van der Waals surface area contributed by atoms with Gasteiger partial charge >= 0.3 is 12.2 Å². The van der Waals surface area contributed by atoms with Crippen molar-refractivity contribution < 1.29 is 22.8 Å². The van der Waals surface area contributed by atoms with Crippen LogP contribution in [0.3, 0.4) is 0 Å². The molecule has 0 spiro atoms. The van der Waals surface area contributed by atoms with E-state index in [4.69, 9.17) is 0 Å². The van der Waals surface area contributed by atoms with Crippen LogP contribution in [0.15, 0.2) is 48.5 Å². The number of hydrogen-bond acceptors (Lipinski definition) is 3. The SMILES string of the molecule is O=C(Nc1ccc(C(F)(F)F)cc1)N[C@@H]1CCCN(c2ccc(N3CCCCC3)cc2)C1=O. The van der Waals surface area contributed by atoms with E-state index in [2.05, 4.69) is 15.5 Å². The highest BCUT2D eigenvalue weighted by Crippen LogP contribution is 2.30. The highest BCUT2D eigenvalue weighted by molar-refractivity contribution is 6.01. The predicted octanol–water partition coefficient (Wildman–Crippen LogP) is 5.01. The molecule has 1 atom stereocenters. The lowest BCUT2D eigenvalue weighted by Gasteiger charge is -2.33. The number of benzene rings is 2. The molecule has 0 unspecified atom stereocenters. The summed E-state index contributed by atoms with van der Waals surface area (Å²) in [6, 6.07) is 10.8. The zero-order chi connectivity index (χ0) is 23.4. The monoisotopic (exact) mass is 460 g/mol. The average molecular weight is 461 g/mol. The number of nitrogens with one attached hydrogen (secondary N) is 2. The maximum atomic E-state index is 13.0. The summed E-state index contributed by atoms with van der Waals surface area (Å²) in [7, 11) is 0. The first-order chi connectivity index (χ1) is 15.8. The first kappa shape index (κ1) is 22.9. The number of alkyl halides is 3. The molecule has 3 amide bonds. The first-order valence-electron chi connectivity index (χ1n) is 11.2. The fourth-order valence-corrected chi connectivity index (χ4v) is 4.33. The van der Waals surface area contributed by atoms with Crippen molar-refractivity contribution in [2.24, 2.45) is 0 Å². The molecule has 2 aliphatic rings. The Morgan fingerprint density at radius 1 is 0.848 bits per heavy atom. The summed E-state index contributed by atoms with van der Waals surface area (Å²) in [5.41, 5.74) is 1.36. The lowest BCUT2D eigenvalue weighted by Crippen LogP contribution is -2.53. The van der Waals surface area contributed by atoms with Gasteiger partial charge in [-0.25, -0.2) is 4.79 Å². The fraction of sp³-hybridized carbons (Fsp3) is 0.417. The van der Waals surface area contributed by atoms with E-state index in [-0.39, 0.29) is 11.6 Å². The van der Waals surface area contributed by atoms with Gasteiger partial charge in [-0.2, -0.15) is 13.2 Å². The molecule has 0 aliphatic carbocycles. The number of rotatable bonds is 4. The minimum Gasteiger partial charge on any atom is -0.372 e. The number of piperidine rings is 2. The van der Waals surface area contributed by atoms with Crippen LogP contribution in [-0.2, 0) is 11.0 Å². The molecular weight excluding hydrogens is 433 g/mol. The van der Waals surface area contributed by atoms with Gasteiger partial charge in [0.05, 0.1) is 5.56 Å². The molecule has 2 aromatic carbocycles. The summed E-state index contributed by atoms with van der Waals surface area (Å²) < 4.78 is 38.1. The van der Waals surface area contributed by atoms with Gasteiger partial charge in [-0.1, -0.05) is 0 Å². The molecule has 33 heavy (non-hydrogen) atoms. The van der Waals surface area contributed by atoms with E-state index in [1.165, 1.54) is 31.4 Å². The van der Waals surface area contributed by atoms with E-state index >= 15 is 0 Å². The Hall–Kier alpha value is -3.23. The number of amides is 3. The molecule has 4 rings (SSSR count). The van der Waals surface area contributed by atoms with Crippen LogP contribution in [0, 0.1) is 0 Å². The molecule has 0 saturated carbocycles. The van der Waals surface area contributed by atoms with Crippen LogP contribution >= 0.6 is 0 Å². The van der Waals surface area contributed by atoms with Crippen molar-refractivity contribution in [1.29, 1.82) is 0 Å². The van der Waals surface area contributed by atoms with Gasteiger partial charge in [0.1, 0.15) is 6.04 Å². The Morgan fingerprint density at radius 2 is 1.48 bits per heavy atom. The number of halogens is 3. The summed E-state index contributed by atoms with van der Waals surface area (Å²) >= 11 is 0. The number of carbonyl (C=O) groups is 2. The molecule has 2 saturated heterocycles. The second-order valence-corrected chi connectivity index (χ2v) is 8.42. The third kappa shape index (κ3) is 5.58. The Kier molecular flexibility index (Phi) is 6.76. The van der Waals surface area contributed by atoms with E-state index in [1.54, 1.807) is 4.90 Å². The molecule has 2 N–H and O–H groups in total. The van der Waals surface area contributed by atoms with Gasteiger partial charge in [0.25, 0.3) is 0 Å². The van der Waals surface area contributed by atoms with Crippen molar-refractivity contribution in [3.05, 3.63) is 54.1 Å². The summed E-state index contributed by atoms with van der Waals surface area (Å²) in [5.74, 6) is -0.199. The lowest BCUT2D eigenvalue weighted by atomic mass is 10.0. The van der Waals surface area contributed by atoms with Crippen LogP contribution < -0.4 is 20.4 Å². The Morgan fingerprint density at radius 3 is 2.12 bits per heavy atom. The normalized spacial score (nSPS) is 19.4. The fourth-order valence-electron chi connectivity index (χ4n) is 4.33. The number of carbonyl (C=O) groups excluding carboxylic acids is 2. The van der Waals surface area contributed by atoms with Crippen LogP contribution in [0.4, 0.5) is 35.0 Å². The minimum absolute atomic E-state index is 0.199. The molecule has 2 aliphatic heterocycles. The van der Waals surface area contributed by atoms with Gasteiger partial charge in [-0.3, -0.25) is 4.79 Å². The van der Waals surface area contributed by atoms with Crippen molar-refractivity contribution in [3.8, 4) is 0 Å². The summed E-state index contributed by atoms with van der Waals surface area (Å²) in [5, 5.41) is 5.15. The van der Waals surface area contributed by atoms with Crippen molar-refractivity contribution >= 4 is 29.0 Å². The topological polar surface area (TPSA) is 64.7 Å². The van der Waals surface area contributed by atoms with Gasteiger partial charge < -0.3 is 20.4 Å². The van der Waals surface area contributed by atoms with Crippen molar-refractivity contribution in [2.75, 3.05) is 34.8 Å². The molecular formula is C24H27F3N4O2. The number of anilines is 3. The van der Waals surface area contributed by atoms with Crippen molar-refractivity contribution in [1.82, 2.24) is 5.32 Å². The Labute approximate surface area is 190 Å². The molecule has 6 nitrogen and oxygen atoms in total. The van der Waals surface area contributed by atoms with E-state index in [0.29, 0.717) is 13.0 Å². The van der Waals surface area contributed by atoms with Gasteiger partial charge in [0, 0.05) is 36.7 Å². The Bertz CT molecular complexity index is 971. The van der Waals surface area contributed by atoms with E-state index < -0.39 is 23.8 Å². The maximum Gasteiger partial charge on any atom is 0.416 e. The van der Waals surface area contributed by atoms with Gasteiger partial charge in [0.15, 0.2) is 0 Å². The van der Waals surface area contributed by atoms with E-state index in [1.807, 2.05) is 24.3 Å². The number of nitrogens with zero attached hydrogens (tertiary/aromatic N) is 2. The second kappa shape index (κ2) is 9.72. The average Bonchev–Trinajstić information content (AvgIpc) is 2.81. The minimum atomic E-state index is -4.44. The van der Waals surface area contributed by atoms with Crippen LogP contribution in [0.1, 0.15) is 37.7 Å². The van der Waals surface area contributed by atoms with Crippen LogP contribution in [0.2, 0.25) is 0 Å². The zero-order valence-corrected chi connectivity index (χ0v) is 18.2. The van der Waals surface area contributed by atoms with E-state index in [9.17, 15) is 22.8 Å². The van der Waals surface area contributed by atoms with Crippen molar-refractivity contribution in [3.63, 3.8) is 0 Å². The molecule has 2 fully saturated rings. The molecule has 2 heterocycles. The highest BCUT2D eigenvalue weighted by atomic mass is 19.4. The second-order valence-electron chi connectivity index (χ2n) is 8.42. The standard InChI is InChI=1S/C24H27F3N4O2/c25-24(26,27)17-6-8-18(9-7-17)28-23(33)29-21-5-4-16-31(22(21)32)20-12-10-19(11-13-20)30-14-2-1-3-15-30/h6-13,21H,1-5,14-16H2,(H2,28,29,33)/t21-/m1/s1. The molecule has 176 valence electrons. The van der Waals surface area contributed by atoms with Crippen molar-refractivity contribution in [2.45, 2.75) is 44.3 Å². The molecule has 0 bridgehead atoms. The molecule has 0 radical (unpaired) electrons. The smallest absolute Gasteiger partial charge is 0.372 e. The zero-order valence-electron chi connectivity index (χ0n) is 18.2. The number of hydrogen-bond donors (Lipinski definition) is 2. The van der Waals surface area contributed by atoms with Crippen LogP contribution in [0.25, 0.3) is 0 Å². The third-order valence-electron chi connectivity index (χ3n) is 6.10. The van der Waals surface area contributed by atoms with Gasteiger partial charge in [0.2, 0.25) is 5.91 Å². The molecule has 0 aromatic heterocycles. The highest BCUT2D eigenvalue weighted by Gasteiger charge is 2.32. The molecule has 9 heteroatoms. The summed E-state index contributed by atoms with van der Waals surface area (Å²) in [6.07, 6.45) is 0.428. The largest absolute Gasteiger partial charge is 0.416 e. The first-order valence-corrected chi connectivity index (χ1v) is 11.2. The van der Waals surface area contributed by atoms with Crippen LogP contribution in [-0.4, -0.2) is 37.6 Å². The summed E-state index contributed by atoms with van der Waals surface area (Å²) in [4.78, 5) is 29.4. The summed E-state index contributed by atoms with van der Waals surface area (Å²) in [6.45, 7) is 2.66. The van der Waals surface area contributed by atoms with Gasteiger partial charge in [-0.15, -0.1) is 0 Å². The van der Waals surface area contributed by atoms with E-state index in [0.717, 1.165) is 43.0 Å².